The van der Waals surface area contributed by atoms with E-state index in [-0.39, 0.29) is 0 Å². The molecule has 0 atom stereocenters. The van der Waals surface area contributed by atoms with Crippen molar-refractivity contribution in [2.45, 2.75) is 26.7 Å². The Labute approximate surface area is 112 Å². The van der Waals surface area contributed by atoms with Gasteiger partial charge in [-0.15, -0.1) is 0 Å². The average molecular weight is 262 g/mol. The fourth-order valence-electron chi connectivity index (χ4n) is 1.73. The van der Waals surface area contributed by atoms with E-state index in [2.05, 4.69) is 41.3 Å². The van der Waals surface area contributed by atoms with Crippen LogP contribution in [0, 0.1) is 6.92 Å². The van der Waals surface area contributed by atoms with Gasteiger partial charge in [0.25, 0.3) is 0 Å². The van der Waals surface area contributed by atoms with Gasteiger partial charge in [0.2, 0.25) is 0 Å². The molecule has 0 aliphatic rings. The van der Waals surface area contributed by atoms with Crippen LogP contribution in [0.1, 0.15) is 24.7 Å². The molecular weight excluding hydrogens is 246 g/mol. The summed E-state index contributed by atoms with van der Waals surface area (Å²) in [6.45, 7) is 4.15. The summed E-state index contributed by atoms with van der Waals surface area (Å²) in [4.78, 5) is 8.64. The summed E-state index contributed by atoms with van der Waals surface area (Å²) >= 11 is 5.99. The molecule has 4 heteroatoms. The lowest BCUT2D eigenvalue weighted by molar-refractivity contribution is 0.837. The van der Waals surface area contributed by atoms with Crippen LogP contribution in [0.25, 0.3) is 0 Å². The highest BCUT2D eigenvalue weighted by molar-refractivity contribution is 6.29. The number of aryl methyl sites for hydroxylation is 2. The first-order chi connectivity index (χ1) is 8.67. The van der Waals surface area contributed by atoms with Crippen molar-refractivity contribution in [2.24, 2.45) is 0 Å². The first kappa shape index (κ1) is 12.8. The Balaban J connectivity index is 2.23. The molecule has 1 aromatic heterocycles. The number of nitrogens with one attached hydrogen (secondary N) is 1. The SMILES string of the molecule is CCCc1nc(Cl)cc(Nc2cccc(C)c2)n1. The van der Waals surface area contributed by atoms with E-state index >= 15 is 0 Å². The normalized spacial score (nSPS) is 10.4. The van der Waals surface area contributed by atoms with Crippen LogP contribution < -0.4 is 5.32 Å². The number of benzene rings is 1. The molecule has 0 amide bonds. The highest BCUT2D eigenvalue weighted by Gasteiger charge is 2.03. The minimum absolute atomic E-state index is 0.476. The van der Waals surface area contributed by atoms with Crippen LogP contribution in [0.15, 0.2) is 30.3 Å². The van der Waals surface area contributed by atoms with Gasteiger partial charge in [-0.3, -0.25) is 0 Å². The Morgan fingerprint density at radius 1 is 1.22 bits per heavy atom. The summed E-state index contributed by atoms with van der Waals surface area (Å²) in [6, 6.07) is 9.87. The summed E-state index contributed by atoms with van der Waals surface area (Å²) in [6.07, 6.45) is 1.84. The number of hydrogen-bond donors (Lipinski definition) is 1. The number of nitrogens with zero attached hydrogens (tertiary/aromatic N) is 2. The van der Waals surface area contributed by atoms with Gasteiger partial charge < -0.3 is 5.32 Å². The van der Waals surface area contributed by atoms with Crippen molar-refractivity contribution in [1.29, 1.82) is 0 Å². The Bertz CT molecular complexity index is 540. The number of anilines is 2. The fraction of sp³-hybridized carbons (Fsp3) is 0.286. The molecule has 0 saturated heterocycles. The van der Waals surface area contributed by atoms with Crippen LogP contribution in [0.3, 0.4) is 0 Å². The molecule has 2 rings (SSSR count). The Morgan fingerprint density at radius 2 is 2.06 bits per heavy atom. The highest BCUT2D eigenvalue weighted by Crippen LogP contribution is 2.18. The summed E-state index contributed by atoms with van der Waals surface area (Å²) in [5, 5.41) is 3.72. The zero-order valence-electron chi connectivity index (χ0n) is 10.6. The molecule has 18 heavy (non-hydrogen) atoms. The number of hydrogen-bond acceptors (Lipinski definition) is 3. The van der Waals surface area contributed by atoms with Crippen LogP contribution in [-0.4, -0.2) is 9.97 Å². The molecule has 0 unspecified atom stereocenters. The van der Waals surface area contributed by atoms with Crippen LogP contribution in [0.4, 0.5) is 11.5 Å². The monoisotopic (exact) mass is 261 g/mol. The molecule has 0 aliphatic heterocycles. The number of rotatable bonds is 4. The van der Waals surface area contributed by atoms with Crippen molar-refractivity contribution in [3.8, 4) is 0 Å². The highest BCUT2D eigenvalue weighted by atomic mass is 35.5. The van der Waals surface area contributed by atoms with Crippen LogP contribution in [-0.2, 0) is 6.42 Å². The topological polar surface area (TPSA) is 37.8 Å². The van der Waals surface area contributed by atoms with E-state index in [1.165, 1.54) is 5.56 Å². The maximum atomic E-state index is 5.99. The fourth-order valence-corrected chi connectivity index (χ4v) is 1.94. The van der Waals surface area contributed by atoms with Crippen LogP contribution in [0.2, 0.25) is 5.15 Å². The molecular formula is C14H16ClN3. The molecule has 1 N–H and O–H groups in total. The quantitative estimate of drug-likeness (QED) is 0.841. The van der Waals surface area contributed by atoms with E-state index in [4.69, 9.17) is 11.6 Å². The molecule has 94 valence electrons. The summed E-state index contributed by atoms with van der Waals surface area (Å²) in [5.41, 5.74) is 2.21. The minimum atomic E-state index is 0.476. The van der Waals surface area contributed by atoms with Crippen molar-refractivity contribution in [1.82, 2.24) is 9.97 Å². The van der Waals surface area contributed by atoms with Gasteiger partial charge in [-0.2, -0.15) is 0 Å². The zero-order chi connectivity index (χ0) is 13.0. The van der Waals surface area contributed by atoms with Gasteiger partial charge in [-0.1, -0.05) is 30.7 Å². The average Bonchev–Trinajstić information content (AvgIpc) is 2.28. The van der Waals surface area contributed by atoms with E-state index in [0.29, 0.717) is 5.15 Å². The van der Waals surface area contributed by atoms with E-state index in [1.54, 1.807) is 6.07 Å². The van der Waals surface area contributed by atoms with Crippen molar-refractivity contribution in [2.75, 3.05) is 5.32 Å². The van der Waals surface area contributed by atoms with Crippen LogP contribution >= 0.6 is 11.6 Å². The molecule has 0 fully saturated rings. The largest absolute Gasteiger partial charge is 0.340 e. The van der Waals surface area contributed by atoms with Gasteiger partial charge >= 0.3 is 0 Å². The van der Waals surface area contributed by atoms with Gasteiger partial charge in [-0.05, 0) is 31.0 Å². The second-order valence-corrected chi connectivity index (χ2v) is 4.62. The van der Waals surface area contributed by atoms with E-state index in [0.717, 1.165) is 30.2 Å². The second-order valence-electron chi connectivity index (χ2n) is 4.24. The molecule has 1 heterocycles. The lowest BCUT2D eigenvalue weighted by atomic mass is 10.2. The van der Waals surface area contributed by atoms with E-state index < -0.39 is 0 Å². The van der Waals surface area contributed by atoms with E-state index in [1.807, 2.05) is 12.1 Å². The molecule has 0 bridgehead atoms. The molecule has 0 saturated carbocycles. The third-order valence-electron chi connectivity index (χ3n) is 2.51. The molecule has 0 spiro atoms. The smallest absolute Gasteiger partial charge is 0.135 e. The van der Waals surface area contributed by atoms with Gasteiger partial charge in [0.05, 0.1) is 0 Å². The second kappa shape index (κ2) is 5.83. The summed E-state index contributed by atoms with van der Waals surface area (Å²) in [7, 11) is 0. The molecule has 0 radical (unpaired) electrons. The van der Waals surface area contributed by atoms with Gasteiger partial charge in [0.15, 0.2) is 0 Å². The third-order valence-corrected chi connectivity index (χ3v) is 2.70. The standard InChI is InChI=1S/C14H16ClN3/c1-3-5-13-17-12(15)9-14(18-13)16-11-7-4-6-10(2)8-11/h4,6-9H,3,5H2,1-2H3,(H,16,17,18). The maximum Gasteiger partial charge on any atom is 0.135 e. The number of aromatic nitrogens is 2. The molecule has 3 nitrogen and oxygen atoms in total. The minimum Gasteiger partial charge on any atom is -0.340 e. The Kier molecular flexibility index (Phi) is 4.15. The lowest BCUT2D eigenvalue weighted by Gasteiger charge is -2.08. The van der Waals surface area contributed by atoms with Gasteiger partial charge in [-0.25, -0.2) is 9.97 Å². The predicted octanol–water partition coefficient (Wildman–Crippen LogP) is 4.13. The van der Waals surface area contributed by atoms with Crippen molar-refractivity contribution in [3.05, 3.63) is 46.9 Å². The summed E-state index contributed by atoms with van der Waals surface area (Å²) in [5.74, 6) is 1.52. The maximum absolute atomic E-state index is 5.99. The molecule has 2 aromatic rings. The molecule has 1 aromatic carbocycles. The third kappa shape index (κ3) is 3.44. The number of halogens is 1. The first-order valence-electron chi connectivity index (χ1n) is 6.04. The van der Waals surface area contributed by atoms with Crippen LogP contribution in [0.5, 0.6) is 0 Å². The summed E-state index contributed by atoms with van der Waals surface area (Å²) < 4.78 is 0. The van der Waals surface area contributed by atoms with Crippen molar-refractivity contribution >= 4 is 23.1 Å². The first-order valence-corrected chi connectivity index (χ1v) is 6.42. The predicted molar refractivity (Wildman–Crippen MR) is 75.5 cm³/mol. The Morgan fingerprint density at radius 3 is 2.78 bits per heavy atom. The van der Waals surface area contributed by atoms with E-state index in [9.17, 15) is 0 Å². The van der Waals surface area contributed by atoms with Crippen molar-refractivity contribution in [3.63, 3.8) is 0 Å². The van der Waals surface area contributed by atoms with Gasteiger partial charge in [0, 0.05) is 18.2 Å². The Hall–Kier alpha value is -1.61. The van der Waals surface area contributed by atoms with Gasteiger partial charge in [0.1, 0.15) is 16.8 Å². The molecule has 0 aliphatic carbocycles. The zero-order valence-corrected chi connectivity index (χ0v) is 11.3. The lowest BCUT2D eigenvalue weighted by Crippen LogP contribution is -2.00. The van der Waals surface area contributed by atoms with Crippen molar-refractivity contribution < 1.29 is 0 Å².